The SMILES string of the molecule is Cc1cc(S(=O)(=O)N2CCC(CCBr)C2)sc1Cl. The van der Waals surface area contributed by atoms with E-state index in [2.05, 4.69) is 15.9 Å². The Hall–Kier alpha value is 0.380. The van der Waals surface area contributed by atoms with E-state index in [0.717, 1.165) is 35.1 Å². The van der Waals surface area contributed by atoms with Gasteiger partial charge >= 0.3 is 0 Å². The third-order valence-electron chi connectivity index (χ3n) is 3.19. The van der Waals surface area contributed by atoms with Crippen molar-refractivity contribution in [3.8, 4) is 0 Å². The lowest BCUT2D eigenvalue weighted by Gasteiger charge is -2.14. The van der Waals surface area contributed by atoms with Crippen molar-refractivity contribution in [2.24, 2.45) is 5.92 Å². The van der Waals surface area contributed by atoms with Gasteiger partial charge in [0.25, 0.3) is 10.0 Å². The molecule has 1 aromatic rings. The maximum Gasteiger partial charge on any atom is 0.252 e. The third kappa shape index (κ3) is 2.93. The second-order valence-electron chi connectivity index (χ2n) is 4.52. The van der Waals surface area contributed by atoms with Gasteiger partial charge in [0.15, 0.2) is 0 Å². The van der Waals surface area contributed by atoms with Crippen molar-refractivity contribution in [1.82, 2.24) is 4.31 Å². The van der Waals surface area contributed by atoms with Crippen LogP contribution >= 0.6 is 38.9 Å². The van der Waals surface area contributed by atoms with Crippen molar-refractivity contribution in [1.29, 1.82) is 0 Å². The Morgan fingerprint density at radius 1 is 1.61 bits per heavy atom. The molecule has 0 spiro atoms. The second kappa shape index (κ2) is 5.79. The minimum Gasteiger partial charge on any atom is -0.206 e. The molecule has 2 heterocycles. The lowest BCUT2D eigenvalue weighted by molar-refractivity contribution is 0.455. The molecule has 1 saturated heterocycles. The van der Waals surface area contributed by atoms with Crippen LogP contribution < -0.4 is 0 Å². The van der Waals surface area contributed by atoms with Crippen LogP contribution in [0.4, 0.5) is 0 Å². The van der Waals surface area contributed by atoms with E-state index in [1.54, 1.807) is 10.4 Å². The van der Waals surface area contributed by atoms with Gasteiger partial charge in [-0.1, -0.05) is 27.5 Å². The number of hydrogen-bond donors (Lipinski definition) is 0. The van der Waals surface area contributed by atoms with Gasteiger partial charge in [-0.15, -0.1) is 11.3 Å². The summed E-state index contributed by atoms with van der Waals surface area (Å²) in [6.07, 6.45) is 1.97. The highest BCUT2D eigenvalue weighted by molar-refractivity contribution is 9.09. The highest BCUT2D eigenvalue weighted by Crippen LogP contribution is 2.34. The predicted molar refractivity (Wildman–Crippen MR) is 79.3 cm³/mol. The van der Waals surface area contributed by atoms with E-state index in [-0.39, 0.29) is 0 Å². The smallest absolute Gasteiger partial charge is 0.206 e. The molecule has 0 N–H and O–H groups in total. The van der Waals surface area contributed by atoms with Crippen molar-refractivity contribution in [3.05, 3.63) is 16.0 Å². The third-order valence-corrected chi connectivity index (χ3v) is 7.52. The van der Waals surface area contributed by atoms with E-state index in [1.165, 1.54) is 0 Å². The number of aryl methyl sites for hydroxylation is 1. The summed E-state index contributed by atoms with van der Waals surface area (Å²) in [4.78, 5) is 0. The highest BCUT2D eigenvalue weighted by Gasteiger charge is 2.33. The number of halogens is 2. The molecule has 7 heteroatoms. The van der Waals surface area contributed by atoms with E-state index in [9.17, 15) is 8.42 Å². The molecule has 102 valence electrons. The van der Waals surface area contributed by atoms with Crippen LogP contribution in [0.15, 0.2) is 10.3 Å². The van der Waals surface area contributed by atoms with Gasteiger partial charge in [-0.2, -0.15) is 4.31 Å². The summed E-state index contributed by atoms with van der Waals surface area (Å²) in [6.45, 7) is 3.08. The molecule has 1 unspecified atom stereocenters. The number of thiophene rings is 1. The lowest BCUT2D eigenvalue weighted by Crippen LogP contribution is -2.28. The first kappa shape index (κ1) is 14.8. The molecule has 1 aromatic heterocycles. The van der Waals surface area contributed by atoms with Gasteiger partial charge in [-0.25, -0.2) is 8.42 Å². The molecule has 0 amide bonds. The first-order valence-electron chi connectivity index (χ1n) is 5.77. The normalized spacial score (nSPS) is 21.6. The zero-order chi connectivity index (χ0) is 13.3. The fraction of sp³-hybridized carbons (Fsp3) is 0.636. The fourth-order valence-corrected chi connectivity index (χ4v) is 6.13. The molecule has 0 aromatic carbocycles. The Kier molecular flexibility index (Phi) is 4.75. The molecular formula is C11H15BrClNO2S2. The van der Waals surface area contributed by atoms with Gasteiger partial charge in [0.1, 0.15) is 4.21 Å². The maximum absolute atomic E-state index is 12.4. The average molecular weight is 373 g/mol. The molecule has 1 atom stereocenters. The molecule has 1 aliphatic rings. The van der Waals surface area contributed by atoms with Crippen LogP contribution in [0.1, 0.15) is 18.4 Å². The van der Waals surface area contributed by atoms with Crippen LogP contribution in [0, 0.1) is 12.8 Å². The summed E-state index contributed by atoms with van der Waals surface area (Å²) in [6, 6.07) is 1.67. The Morgan fingerprint density at radius 2 is 2.33 bits per heavy atom. The number of sulfonamides is 1. The molecule has 0 radical (unpaired) electrons. The van der Waals surface area contributed by atoms with Crippen LogP contribution in [0.25, 0.3) is 0 Å². The van der Waals surface area contributed by atoms with E-state index < -0.39 is 10.0 Å². The Labute approximate surface area is 125 Å². The summed E-state index contributed by atoms with van der Waals surface area (Å²) in [5.41, 5.74) is 0.830. The average Bonchev–Trinajstić information content (AvgIpc) is 2.88. The van der Waals surface area contributed by atoms with E-state index in [4.69, 9.17) is 11.6 Å². The molecule has 1 aliphatic heterocycles. The van der Waals surface area contributed by atoms with Crippen molar-refractivity contribution in [2.75, 3.05) is 18.4 Å². The quantitative estimate of drug-likeness (QED) is 0.759. The first-order chi connectivity index (χ1) is 8.45. The Morgan fingerprint density at radius 3 is 2.89 bits per heavy atom. The maximum atomic E-state index is 12.4. The second-order valence-corrected chi connectivity index (χ2v) is 9.13. The Bertz CT molecular complexity index is 510. The van der Waals surface area contributed by atoms with Crippen molar-refractivity contribution >= 4 is 48.9 Å². The topological polar surface area (TPSA) is 37.4 Å². The summed E-state index contributed by atoms with van der Waals surface area (Å²) >= 11 is 10.5. The molecule has 0 aliphatic carbocycles. The van der Waals surface area contributed by atoms with Gasteiger partial charge in [0.2, 0.25) is 0 Å². The van der Waals surface area contributed by atoms with Crippen LogP contribution in [0.5, 0.6) is 0 Å². The zero-order valence-electron chi connectivity index (χ0n) is 10.0. The number of nitrogens with zero attached hydrogens (tertiary/aromatic N) is 1. The minimum absolute atomic E-state index is 0.365. The van der Waals surface area contributed by atoms with E-state index >= 15 is 0 Å². The van der Waals surface area contributed by atoms with Gasteiger partial charge in [-0.3, -0.25) is 0 Å². The largest absolute Gasteiger partial charge is 0.252 e. The van der Waals surface area contributed by atoms with Crippen molar-refractivity contribution in [3.63, 3.8) is 0 Å². The summed E-state index contributed by atoms with van der Waals surface area (Å²) < 4.78 is 27.3. The van der Waals surface area contributed by atoms with Gasteiger partial charge in [0, 0.05) is 18.4 Å². The van der Waals surface area contributed by atoms with Gasteiger partial charge in [-0.05, 0) is 37.3 Å². The van der Waals surface area contributed by atoms with Crippen molar-refractivity contribution in [2.45, 2.75) is 24.0 Å². The summed E-state index contributed by atoms with van der Waals surface area (Å²) in [7, 11) is -3.34. The van der Waals surface area contributed by atoms with Crippen LogP contribution in [0.2, 0.25) is 4.34 Å². The molecule has 0 saturated carbocycles. The molecule has 0 bridgehead atoms. The highest BCUT2D eigenvalue weighted by atomic mass is 79.9. The molecular weight excluding hydrogens is 358 g/mol. The van der Waals surface area contributed by atoms with Crippen molar-refractivity contribution < 1.29 is 8.42 Å². The van der Waals surface area contributed by atoms with Gasteiger partial charge < -0.3 is 0 Å². The first-order valence-corrected chi connectivity index (χ1v) is 9.53. The number of rotatable bonds is 4. The molecule has 18 heavy (non-hydrogen) atoms. The molecule has 1 fully saturated rings. The zero-order valence-corrected chi connectivity index (χ0v) is 14.0. The monoisotopic (exact) mass is 371 g/mol. The number of alkyl halides is 1. The van der Waals surface area contributed by atoms with Crippen LogP contribution in [-0.4, -0.2) is 31.1 Å². The number of hydrogen-bond acceptors (Lipinski definition) is 3. The summed E-state index contributed by atoms with van der Waals surface area (Å²) in [5, 5.41) is 0.926. The van der Waals surface area contributed by atoms with E-state index in [0.29, 0.717) is 27.6 Å². The molecule has 2 rings (SSSR count). The lowest BCUT2D eigenvalue weighted by atomic mass is 10.1. The van der Waals surface area contributed by atoms with Crippen LogP contribution in [-0.2, 0) is 10.0 Å². The van der Waals surface area contributed by atoms with E-state index in [1.807, 2.05) is 6.92 Å². The minimum atomic E-state index is -3.34. The predicted octanol–water partition coefficient (Wildman–Crippen LogP) is 3.51. The summed E-state index contributed by atoms with van der Waals surface area (Å²) in [5.74, 6) is 0.468. The Balaban J connectivity index is 2.17. The fourth-order valence-electron chi connectivity index (χ4n) is 2.09. The molecule has 3 nitrogen and oxygen atoms in total. The van der Waals surface area contributed by atoms with Gasteiger partial charge in [0.05, 0.1) is 4.34 Å². The standard InChI is InChI=1S/C11H15BrClNO2S2/c1-8-6-10(17-11(8)13)18(15,16)14-5-3-9(7-14)2-4-12/h6,9H,2-5,7H2,1H3. The van der Waals surface area contributed by atoms with Crippen LogP contribution in [0.3, 0.4) is 0 Å².